The Kier molecular flexibility index (Phi) is 8.90. The zero-order valence-corrected chi connectivity index (χ0v) is 29.2. The summed E-state index contributed by atoms with van der Waals surface area (Å²) in [6, 6.07) is -0.722. The summed E-state index contributed by atoms with van der Waals surface area (Å²) in [7, 11) is 0. The molecular weight excluding hydrogens is 570 g/mol. The third-order valence-electron chi connectivity index (χ3n) is 14.5. The van der Waals surface area contributed by atoms with Crippen LogP contribution in [-0.2, 0) is 28.6 Å². The molecule has 0 aromatic rings. The zero-order chi connectivity index (χ0) is 33.3. The lowest BCUT2D eigenvalue weighted by Gasteiger charge is -2.71. The average molecular weight is 630 g/mol. The quantitative estimate of drug-likeness (QED) is 0.229. The first kappa shape index (κ1) is 34.4. The molecule has 3 N–H and O–H groups in total. The van der Waals surface area contributed by atoms with Crippen molar-refractivity contribution in [2.75, 3.05) is 13.2 Å². The van der Waals surface area contributed by atoms with E-state index in [0.29, 0.717) is 38.4 Å². The van der Waals surface area contributed by atoms with E-state index in [1.807, 2.05) is 6.92 Å². The minimum absolute atomic E-state index is 0.173. The summed E-state index contributed by atoms with van der Waals surface area (Å²) in [5, 5.41) is 10.9. The highest BCUT2D eigenvalue weighted by Gasteiger charge is 2.72. The number of allylic oxidation sites excluding steroid dienone is 1. The fraction of sp³-hybridized carbons (Fsp3) is 0.865. The van der Waals surface area contributed by atoms with Gasteiger partial charge in [0.05, 0.1) is 19.1 Å². The molecule has 1 aliphatic heterocycles. The van der Waals surface area contributed by atoms with Crippen molar-refractivity contribution >= 4 is 17.9 Å². The van der Waals surface area contributed by atoms with Crippen LogP contribution in [-0.4, -0.2) is 54.5 Å². The molecule has 3 saturated carbocycles. The Morgan fingerprint density at radius 2 is 1.73 bits per heavy atom. The van der Waals surface area contributed by atoms with Gasteiger partial charge in [-0.3, -0.25) is 14.4 Å². The maximum Gasteiger partial charge on any atom is 0.323 e. The van der Waals surface area contributed by atoms with E-state index in [9.17, 15) is 19.5 Å². The van der Waals surface area contributed by atoms with E-state index >= 15 is 0 Å². The number of nitrogens with two attached hydrogens (primary N) is 1. The van der Waals surface area contributed by atoms with Gasteiger partial charge in [-0.2, -0.15) is 0 Å². The normalized spacial score (nSPS) is 45.2. The van der Waals surface area contributed by atoms with Gasteiger partial charge in [0, 0.05) is 17.8 Å². The number of aliphatic carboxylic acids is 1. The van der Waals surface area contributed by atoms with Crippen molar-refractivity contribution in [3.05, 3.63) is 11.6 Å². The van der Waals surface area contributed by atoms with Crippen molar-refractivity contribution in [1.29, 1.82) is 0 Å². The first-order valence-corrected chi connectivity index (χ1v) is 17.6. The van der Waals surface area contributed by atoms with Crippen molar-refractivity contribution < 1.29 is 33.7 Å². The minimum atomic E-state index is -0.722. The van der Waals surface area contributed by atoms with E-state index < -0.39 is 52.9 Å². The lowest BCUT2D eigenvalue weighted by molar-refractivity contribution is -0.263. The van der Waals surface area contributed by atoms with Crippen LogP contribution in [0.1, 0.15) is 114 Å². The summed E-state index contributed by atoms with van der Waals surface area (Å²) in [6.07, 6.45) is 7.37. The second-order valence-corrected chi connectivity index (χ2v) is 17.0. The smallest absolute Gasteiger partial charge is 0.323 e. The van der Waals surface area contributed by atoms with Crippen LogP contribution in [0.3, 0.4) is 0 Å². The number of hydrogen-bond donors (Lipinski definition) is 2. The van der Waals surface area contributed by atoms with E-state index in [0.717, 1.165) is 32.1 Å². The Hall–Kier alpha value is -1.93. The molecule has 0 aromatic carbocycles. The van der Waals surface area contributed by atoms with Crippen LogP contribution in [0.15, 0.2) is 11.6 Å². The third kappa shape index (κ3) is 4.93. The molecule has 0 amide bonds. The molecule has 0 radical (unpaired) electrons. The summed E-state index contributed by atoms with van der Waals surface area (Å²) in [5.41, 5.74) is 5.69. The number of carboxylic acids is 1. The third-order valence-corrected chi connectivity index (χ3v) is 14.5. The van der Waals surface area contributed by atoms with E-state index in [2.05, 4.69) is 54.5 Å². The monoisotopic (exact) mass is 629 g/mol. The molecular formula is C37H59NO7. The Bertz CT molecular complexity index is 1230. The van der Waals surface area contributed by atoms with Gasteiger partial charge >= 0.3 is 17.9 Å². The lowest BCUT2D eigenvalue weighted by Crippen LogP contribution is -2.70. The van der Waals surface area contributed by atoms with Crippen LogP contribution < -0.4 is 5.73 Å². The molecule has 12 atom stereocenters. The summed E-state index contributed by atoms with van der Waals surface area (Å²) in [4.78, 5) is 39.0. The minimum Gasteiger partial charge on any atom is -0.481 e. The summed E-state index contributed by atoms with van der Waals surface area (Å²) in [5.74, 6) is -0.929. The van der Waals surface area contributed by atoms with Crippen molar-refractivity contribution in [3.63, 3.8) is 0 Å². The van der Waals surface area contributed by atoms with Gasteiger partial charge in [-0.05, 0) is 84.9 Å². The van der Waals surface area contributed by atoms with Crippen LogP contribution in [0, 0.1) is 56.7 Å². The molecule has 45 heavy (non-hydrogen) atoms. The largest absolute Gasteiger partial charge is 0.481 e. The molecule has 5 rings (SSSR count). The van der Waals surface area contributed by atoms with Crippen LogP contribution in [0.25, 0.3) is 0 Å². The summed E-state index contributed by atoms with van der Waals surface area (Å²) < 4.78 is 18.7. The van der Waals surface area contributed by atoms with E-state index in [4.69, 9.17) is 19.9 Å². The number of carboxylic acid groups (broad SMARTS) is 1. The van der Waals surface area contributed by atoms with Crippen LogP contribution in [0.2, 0.25) is 0 Å². The molecule has 4 fully saturated rings. The van der Waals surface area contributed by atoms with Gasteiger partial charge in [-0.1, -0.05) is 73.5 Å². The lowest BCUT2D eigenvalue weighted by atomic mass is 9.34. The molecule has 5 aliphatic rings. The van der Waals surface area contributed by atoms with Gasteiger partial charge in [0.25, 0.3) is 0 Å². The van der Waals surface area contributed by atoms with E-state index in [1.54, 1.807) is 0 Å². The maximum absolute atomic E-state index is 13.3. The van der Waals surface area contributed by atoms with Gasteiger partial charge in [0.2, 0.25) is 0 Å². The number of hydrogen-bond acceptors (Lipinski definition) is 7. The van der Waals surface area contributed by atoms with Gasteiger partial charge in [-0.25, -0.2) is 0 Å². The Morgan fingerprint density at radius 1 is 1.04 bits per heavy atom. The van der Waals surface area contributed by atoms with Crippen molar-refractivity contribution in [2.45, 2.75) is 132 Å². The van der Waals surface area contributed by atoms with Crippen LogP contribution >= 0.6 is 0 Å². The molecule has 8 nitrogen and oxygen atoms in total. The fourth-order valence-electron chi connectivity index (χ4n) is 11.7. The topological polar surface area (TPSA) is 125 Å². The predicted molar refractivity (Wildman–Crippen MR) is 172 cm³/mol. The average Bonchev–Trinajstić information content (AvgIpc) is 2.94. The molecule has 0 spiro atoms. The molecule has 254 valence electrons. The van der Waals surface area contributed by atoms with E-state index in [1.165, 1.54) is 12.5 Å². The first-order valence-electron chi connectivity index (χ1n) is 17.6. The number of ether oxygens (including phenoxy) is 3. The number of rotatable bonds is 8. The molecule has 4 aliphatic carbocycles. The molecule has 0 aromatic heterocycles. The first-order chi connectivity index (χ1) is 20.9. The molecule has 1 heterocycles. The highest BCUT2D eigenvalue weighted by atomic mass is 16.6. The van der Waals surface area contributed by atoms with Crippen molar-refractivity contribution in [2.24, 2.45) is 62.4 Å². The standard InChI is InChI=1S/C37H59NO7/c1-10-11-26(38)32(42)45-30-27(44-23(5)39)18-37-20-43-19-34(30,7)28(37)13-12-24-25(37)14-15-36(9)29(31(40)41)33(6,22(4)21(2)3)16-17-35(24,36)8/h14,21-22,24,26-30H,10-13,15-20,38H2,1-9H3,(H,40,41)/t22?,24-,26?,27+,28-,29+,30-,33+,34-,35+,36-,37-/m0/s1. The second-order valence-electron chi connectivity index (χ2n) is 17.0. The highest BCUT2D eigenvalue weighted by molar-refractivity contribution is 5.76. The second kappa shape index (κ2) is 11.6. The molecule has 8 heteroatoms. The number of carbonyl (C=O) groups is 3. The summed E-state index contributed by atoms with van der Waals surface area (Å²) >= 11 is 0. The summed E-state index contributed by atoms with van der Waals surface area (Å²) in [6.45, 7) is 20.0. The molecule has 2 unspecified atom stereocenters. The Morgan fingerprint density at radius 3 is 2.33 bits per heavy atom. The van der Waals surface area contributed by atoms with Gasteiger partial charge in [0.1, 0.15) is 18.2 Å². The number of esters is 2. The van der Waals surface area contributed by atoms with Gasteiger partial charge < -0.3 is 25.1 Å². The van der Waals surface area contributed by atoms with E-state index in [-0.39, 0.29) is 34.0 Å². The number of carbonyl (C=O) groups excluding carboxylic acids is 2. The number of fused-ring (bicyclic) bond motifs is 3. The highest BCUT2D eigenvalue weighted by Crippen LogP contribution is 2.75. The zero-order valence-electron chi connectivity index (χ0n) is 29.2. The van der Waals surface area contributed by atoms with Crippen LogP contribution in [0.4, 0.5) is 0 Å². The Labute approximate surface area is 270 Å². The van der Waals surface area contributed by atoms with Crippen molar-refractivity contribution in [1.82, 2.24) is 0 Å². The maximum atomic E-state index is 13.3. The van der Waals surface area contributed by atoms with Crippen molar-refractivity contribution in [3.8, 4) is 0 Å². The SMILES string of the molecule is CCCC(N)C(=O)O[C@H]1[C@H](OC(C)=O)C[C@@]23COC[C@@]1(C)[C@@H]2CC[C@H]1C3=CC[C@@]2(C)[C@H](C(=O)O)[C@@](C)(C(C)C(C)C)CC[C@]12C. The van der Waals surface area contributed by atoms with Gasteiger partial charge in [-0.15, -0.1) is 0 Å². The molecule has 1 saturated heterocycles. The van der Waals surface area contributed by atoms with Gasteiger partial charge in [0.15, 0.2) is 0 Å². The molecule has 2 bridgehead atoms. The predicted octanol–water partition coefficient (Wildman–Crippen LogP) is 6.55. The fourth-order valence-corrected chi connectivity index (χ4v) is 11.7. The van der Waals surface area contributed by atoms with Crippen LogP contribution in [0.5, 0.6) is 0 Å². The Balaban J connectivity index is 1.58.